The topological polar surface area (TPSA) is 122 Å². The molecule has 0 bridgehead atoms. The first kappa shape index (κ1) is 23.4. The molecular formula is C23H26N2O6S2. The Bertz CT molecular complexity index is 1120. The van der Waals surface area contributed by atoms with Crippen molar-refractivity contribution < 1.29 is 29.0 Å². The van der Waals surface area contributed by atoms with Crippen molar-refractivity contribution in [1.29, 1.82) is 0 Å². The zero-order valence-electron chi connectivity index (χ0n) is 18.4. The van der Waals surface area contributed by atoms with E-state index in [0.29, 0.717) is 28.4 Å². The highest BCUT2D eigenvalue weighted by atomic mass is 32.1. The number of carboxylic acid groups (broad SMARTS) is 1. The largest absolute Gasteiger partial charge is 0.478 e. The number of aryl methyl sites for hydroxylation is 2. The lowest BCUT2D eigenvalue weighted by Crippen LogP contribution is -2.15. The molecule has 2 aromatic rings. The van der Waals surface area contributed by atoms with Crippen LogP contribution in [0.15, 0.2) is 0 Å². The van der Waals surface area contributed by atoms with Gasteiger partial charge in [0.2, 0.25) is 11.8 Å². The van der Waals surface area contributed by atoms with Crippen molar-refractivity contribution in [3.63, 3.8) is 0 Å². The van der Waals surface area contributed by atoms with E-state index in [2.05, 4.69) is 10.6 Å². The fourth-order valence-electron chi connectivity index (χ4n) is 4.48. The SMILES string of the molecule is COC(=O)c1c(NC(=O)CCCCC(=O)Nc2sc3c(c2C(=O)O)CCC3)sc2c1CCC2. The van der Waals surface area contributed by atoms with E-state index in [0.717, 1.165) is 59.4 Å². The number of aromatic carboxylic acids is 1. The number of carbonyl (C=O) groups is 4. The van der Waals surface area contributed by atoms with E-state index in [4.69, 9.17) is 4.74 Å². The molecule has 8 nitrogen and oxygen atoms in total. The summed E-state index contributed by atoms with van der Waals surface area (Å²) in [6, 6.07) is 0. The quantitative estimate of drug-likeness (QED) is 0.354. The number of ether oxygens (including phenoxy) is 1. The number of unbranched alkanes of at least 4 members (excludes halogenated alkanes) is 1. The van der Waals surface area contributed by atoms with Gasteiger partial charge < -0.3 is 20.5 Å². The molecule has 0 aliphatic heterocycles. The number of methoxy groups -OCH3 is 1. The number of anilines is 2. The maximum atomic E-state index is 12.4. The highest BCUT2D eigenvalue weighted by Crippen LogP contribution is 2.40. The summed E-state index contributed by atoms with van der Waals surface area (Å²) < 4.78 is 4.89. The van der Waals surface area contributed by atoms with Crippen LogP contribution in [0.25, 0.3) is 0 Å². The molecule has 0 unspecified atom stereocenters. The first-order chi connectivity index (χ1) is 15.9. The molecule has 0 spiro atoms. The second kappa shape index (κ2) is 10.0. The van der Waals surface area contributed by atoms with Gasteiger partial charge in [0.15, 0.2) is 0 Å². The normalized spacial score (nSPS) is 14.0. The number of carbonyl (C=O) groups excluding carboxylic acids is 3. The van der Waals surface area contributed by atoms with Crippen LogP contribution >= 0.6 is 22.7 Å². The van der Waals surface area contributed by atoms with Crippen LogP contribution in [0.3, 0.4) is 0 Å². The van der Waals surface area contributed by atoms with Gasteiger partial charge in [0, 0.05) is 22.6 Å². The number of fused-ring (bicyclic) bond motifs is 2. The van der Waals surface area contributed by atoms with Crippen LogP contribution in [0, 0.1) is 0 Å². The summed E-state index contributed by atoms with van der Waals surface area (Å²) in [4.78, 5) is 50.7. The Morgan fingerprint density at radius 2 is 1.30 bits per heavy atom. The van der Waals surface area contributed by atoms with Gasteiger partial charge in [-0.05, 0) is 62.5 Å². The van der Waals surface area contributed by atoms with Crippen molar-refractivity contribution in [2.24, 2.45) is 0 Å². The van der Waals surface area contributed by atoms with Crippen LogP contribution in [0.4, 0.5) is 10.0 Å². The number of thiophene rings is 2. The standard InChI is InChI=1S/C23H26N2O6S2/c1-31-23(30)19-13-7-5-9-15(13)33-21(19)25-17(27)11-3-2-10-16(26)24-20-18(22(28)29)12-6-4-8-14(12)32-20/h2-11H2,1H3,(H,24,26)(H,25,27)(H,28,29). The Hall–Kier alpha value is -2.72. The molecule has 2 heterocycles. The number of amides is 2. The van der Waals surface area contributed by atoms with Gasteiger partial charge in [-0.2, -0.15) is 0 Å². The molecule has 3 N–H and O–H groups in total. The number of esters is 1. The van der Waals surface area contributed by atoms with Crippen molar-refractivity contribution in [3.05, 3.63) is 32.0 Å². The fourth-order valence-corrected chi connectivity index (χ4v) is 7.07. The van der Waals surface area contributed by atoms with E-state index in [9.17, 15) is 24.3 Å². The smallest absolute Gasteiger partial charge is 0.341 e. The first-order valence-electron chi connectivity index (χ1n) is 11.1. The third kappa shape index (κ3) is 4.96. The predicted octanol–water partition coefficient (Wildman–Crippen LogP) is 4.41. The lowest BCUT2D eigenvalue weighted by Gasteiger charge is -2.07. The van der Waals surface area contributed by atoms with E-state index in [1.54, 1.807) is 0 Å². The van der Waals surface area contributed by atoms with Gasteiger partial charge in [-0.3, -0.25) is 9.59 Å². The Morgan fingerprint density at radius 3 is 1.79 bits per heavy atom. The molecule has 0 saturated heterocycles. The number of hydrogen-bond acceptors (Lipinski definition) is 7. The van der Waals surface area contributed by atoms with Crippen LogP contribution in [0.1, 0.15) is 80.1 Å². The van der Waals surface area contributed by atoms with Gasteiger partial charge in [0.1, 0.15) is 10.0 Å². The molecule has 2 amide bonds. The second-order valence-corrected chi connectivity index (χ2v) is 10.4. The summed E-state index contributed by atoms with van der Waals surface area (Å²) in [5.74, 6) is -1.89. The van der Waals surface area contributed by atoms with Gasteiger partial charge in [-0.1, -0.05) is 0 Å². The molecule has 0 aromatic carbocycles. The van der Waals surface area contributed by atoms with Gasteiger partial charge in [0.25, 0.3) is 0 Å². The van der Waals surface area contributed by atoms with E-state index < -0.39 is 11.9 Å². The zero-order valence-corrected chi connectivity index (χ0v) is 20.0. The van der Waals surface area contributed by atoms with Crippen LogP contribution in [-0.4, -0.2) is 36.0 Å². The average Bonchev–Trinajstić information content (AvgIpc) is 3.51. The number of nitrogens with one attached hydrogen (secondary N) is 2. The van der Waals surface area contributed by atoms with Crippen LogP contribution < -0.4 is 10.6 Å². The minimum atomic E-state index is -1.01. The summed E-state index contributed by atoms with van der Waals surface area (Å²) in [6.45, 7) is 0. The molecule has 0 atom stereocenters. The van der Waals surface area contributed by atoms with Crippen molar-refractivity contribution in [2.75, 3.05) is 17.7 Å². The van der Waals surface area contributed by atoms with Crippen molar-refractivity contribution in [1.82, 2.24) is 0 Å². The summed E-state index contributed by atoms with van der Waals surface area (Å²) >= 11 is 2.79. The molecule has 0 saturated carbocycles. The van der Waals surface area contributed by atoms with Crippen LogP contribution in [0.5, 0.6) is 0 Å². The predicted molar refractivity (Wildman–Crippen MR) is 127 cm³/mol. The molecule has 2 aromatic heterocycles. The zero-order chi connectivity index (χ0) is 23.5. The molecule has 0 radical (unpaired) electrons. The van der Waals surface area contributed by atoms with Gasteiger partial charge >= 0.3 is 11.9 Å². The van der Waals surface area contributed by atoms with Crippen LogP contribution in [0.2, 0.25) is 0 Å². The molecule has 2 aliphatic rings. The third-order valence-electron chi connectivity index (χ3n) is 6.01. The molecule has 4 rings (SSSR count). The molecule has 176 valence electrons. The number of carboxylic acids is 1. The van der Waals surface area contributed by atoms with Crippen molar-refractivity contribution >= 4 is 56.4 Å². The average molecular weight is 491 g/mol. The van der Waals surface area contributed by atoms with Crippen LogP contribution in [-0.2, 0) is 40.0 Å². The van der Waals surface area contributed by atoms with Gasteiger partial charge in [-0.15, -0.1) is 22.7 Å². The lowest BCUT2D eigenvalue weighted by atomic mass is 10.1. The highest BCUT2D eigenvalue weighted by Gasteiger charge is 2.28. The minimum absolute atomic E-state index is 0.204. The fraction of sp³-hybridized carbons (Fsp3) is 0.478. The molecular weight excluding hydrogens is 464 g/mol. The van der Waals surface area contributed by atoms with Crippen molar-refractivity contribution in [3.8, 4) is 0 Å². The Kier molecular flexibility index (Phi) is 7.14. The van der Waals surface area contributed by atoms with E-state index in [1.165, 1.54) is 29.8 Å². The van der Waals surface area contributed by atoms with E-state index in [-0.39, 0.29) is 30.2 Å². The number of rotatable bonds is 9. The highest BCUT2D eigenvalue weighted by molar-refractivity contribution is 7.17. The lowest BCUT2D eigenvalue weighted by molar-refractivity contribution is -0.118. The molecule has 2 aliphatic carbocycles. The maximum absolute atomic E-state index is 12.4. The van der Waals surface area contributed by atoms with Gasteiger partial charge in [0.05, 0.1) is 18.2 Å². The Labute approximate surface area is 199 Å². The second-order valence-electron chi connectivity index (χ2n) is 8.22. The summed E-state index contributed by atoms with van der Waals surface area (Å²) in [5.41, 5.74) is 2.54. The minimum Gasteiger partial charge on any atom is -0.478 e. The molecule has 0 fully saturated rings. The first-order valence-corrected chi connectivity index (χ1v) is 12.7. The van der Waals surface area contributed by atoms with E-state index in [1.807, 2.05) is 0 Å². The summed E-state index contributed by atoms with van der Waals surface area (Å²) in [7, 11) is 1.33. The summed E-state index contributed by atoms with van der Waals surface area (Å²) in [5, 5.41) is 16.1. The number of hydrogen-bond donors (Lipinski definition) is 3. The molecule has 10 heteroatoms. The summed E-state index contributed by atoms with van der Waals surface area (Å²) in [6.07, 6.45) is 6.71. The Morgan fingerprint density at radius 1 is 0.818 bits per heavy atom. The Balaban J connectivity index is 1.26. The molecule has 33 heavy (non-hydrogen) atoms. The maximum Gasteiger partial charge on any atom is 0.341 e. The monoisotopic (exact) mass is 490 g/mol. The van der Waals surface area contributed by atoms with E-state index >= 15 is 0 Å². The van der Waals surface area contributed by atoms with Crippen molar-refractivity contribution in [2.45, 2.75) is 64.2 Å². The van der Waals surface area contributed by atoms with Gasteiger partial charge in [-0.25, -0.2) is 9.59 Å². The third-order valence-corrected chi connectivity index (χ3v) is 8.42.